The smallest absolute Gasteiger partial charge is 0.410 e. The first kappa shape index (κ1) is 36.2. The molecule has 0 saturated carbocycles. The molecule has 6 rings (SSSR count). The van der Waals surface area contributed by atoms with Gasteiger partial charge in [-0.3, -0.25) is 0 Å². The number of aromatic amines is 2. The molecule has 2 aromatic carbocycles. The number of carbonyl (C=O) groups is 2. The molecule has 2 aliphatic heterocycles. The number of fused-ring (bicyclic) bond motifs is 2. The highest BCUT2D eigenvalue weighted by molar-refractivity contribution is 5.92. The van der Waals surface area contributed by atoms with Crippen molar-refractivity contribution >= 4 is 34.0 Å². The molecule has 12 nitrogen and oxygen atoms in total. The van der Waals surface area contributed by atoms with Gasteiger partial charge >= 0.3 is 12.2 Å². The zero-order valence-corrected chi connectivity index (χ0v) is 29.6. The van der Waals surface area contributed by atoms with Crippen LogP contribution >= 0.6 is 0 Å². The second-order valence-corrected chi connectivity index (χ2v) is 13.5. The maximum atomic E-state index is 12.2. The van der Waals surface area contributed by atoms with Crippen molar-refractivity contribution in [2.24, 2.45) is 0 Å². The average molecular weight is 675 g/mol. The van der Waals surface area contributed by atoms with Gasteiger partial charge in [-0.2, -0.15) is 0 Å². The maximum absolute atomic E-state index is 12.2. The first-order valence-electron chi connectivity index (χ1n) is 17.6. The minimum Gasteiger partial charge on any atom is -0.410 e. The second-order valence-electron chi connectivity index (χ2n) is 13.5. The standard InChI is InChI=1S/C19H28N4O2.C18H26N4O2/c1-22(2)12-8-15-14-21-16-6-5-7-17(18(15)16)25-19(24)20-9-13-23-10-3-4-11-23;1-21(2)11-7-14-13-20-15-5-3-6-16(17(14)15)24-18(23)19-8-12-22-9-4-10-22/h5-7,14,21H,3-4,8-13H2,1-2H3,(H,20,24);3,5-6,13,20H,4,7-12H2,1-2H3,(H,19,23). The minimum atomic E-state index is -0.386. The summed E-state index contributed by atoms with van der Waals surface area (Å²) in [5, 5.41) is 7.70. The number of hydrogen-bond acceptors (Lipinski definition) is 8. The molecular formula is C37H54N8O4. The number of aromatic nitrogens is 2. The van der Waals surface area contributed by atoms with E-state index in [1.54, 1.807) is 0 Å². The Labute approximate surface area is 290 Å². The van der Waals surface area contributed by atoms with Crippen LogP contribution in [0, 0.1) is 0 Å². The summed E-state index contributed by atoms with van der Waals surface area (Å²) in [6, 6.07) is 11.5. The van der Waals surface area contributed by atoms with Gasteiger partial charge in [0.15, 0.2) is 0 Å². The van der Waals surface area contributed by atoms with Gasteiger partial charge in [0.05, 0.1) is 0 Å². The van der Waals surface area contributed by atoms with Gasteiger partial charge in [-0.25, -0.2) is 9.59 Å². The van der Waals surface area contributed by atoms with Gasteiger partial charge in [0, 0.05) is 73.5 Å². The second kappa shape index (κ2) is 18.1. The lowest BCUT2D eigenvalue weighted by atomic mass is 10.1. The molecular weight excluding hydrogens is 620 g/mol. The molecule has 2 aliphatic rings. The highest BCUT2D eigenvalue weighted by atomic mass is 16.6. The molecule has 4 N–H and O–H groups in total. The van der Waals surface area contributed by atoms with E-state index in [0.29, 0.717) is 24.6 Å². The highest BCUT2D eigenvalue weighted by Gasteiger charge is 2.17. The highest BCUT2D eigenvalue weighted by Crippen LogP contribution is 2.30. The van der Waals surface area contributed by atoms with E-state index in [0.717, 1.165) is 87.0 Å². The fourth-order valence-electron chi connectivity index (χ4n) is 6.21. The van der Waals surface area contributed by atoms with Crippen molar-refractivity contribution in [3.63, 3.8) is 0 Å². The minimum absolute atomic E-state index is 0.383. The van der Waals surface area contributed by atoms with Gasteiger partial charge in [-0.05, 0) is 122 Å². The zero-order valence-electron chi connectivity index (χ0n) is 29.6. The topological polar surface area (TPSA) is 121 Å². The van der Waals surface area contributed by atoms with E-state index in [9.17, 15) is 9.59 Å². The molecule has 49 heavy (non-hydrogen) atoms. The van der Waals surface area contributed by atoms with Crippen LogP contribution in [0.5, 0.6) is 11.5 Å². The molecule has 4 aromatic rings. The Morgan fingerprint density at radius 2 is 1.10 bits per heavy atom. The average Bonchev–Trinajstić information content (AvgIpc) is 3.82. The third-order valence-electron chi connectivity index (χ3n) is 9.10. The van der Waals surface area contributed by atoms with Gasteiger partial charge in [-0.1, -0.05) is 12.1 Å². The molecule has 4 heterocycles. The number of amides is 2. The van der Waals surface area contributed by atoms with Crippen LogP contribution in [0.15, 0.2) is 48.8 Å². The van der Waals surface area contributed by atoms with Gasteiger partial charge in [0.25, 0.3) is 0 Å². The van der Waals surface area contributed by atoms with Crippen molar-refractivity contribution in [2.75, 3.05) is 93.6 Å². The summed E-state index contributed by atoms with van der Waals surface area (Å²) in [6.07, 6.45) is 8.83. The molecule has 0 aliphatic carbocycles. The SMILES string of the molecule is CN(C)CCc1c[nH]c2cccc(OC(=O)NCCN3CCC3)c12.CN(C)CCc1c[nH]c2cccc(OC(=O)NCCN3CCCC3)c12. The van der Waals surface area contributed by atoms with Crippen LogP contribution in [-0.4, -0.2) is 135 Å². The fourth-order valence-corrected chi connectivity index (χ4v) is 6.21. The first-order chi connectivity index (χ1) is 23.8. The normalized spacial score (nSPS) is 15.0. The van der Waals surface area contributed by atoms with E-state index in [-0.39, 0.29) is 12.2 Å². The monoisotopic (exact) mass is 674 g/mol. The predicted octanol–water partition coefficient (Wildman–Crippen LogP) is 4.52. The van der Waals surface area contributed by atoms with Crippen molar-refractivity contribution in [1.82, 2.24) is 40.2 Å². The van der Waals surface area contributed by atoms with E-state index in [2.05, 4.69) is 68.4 Å². The number of likely N-dealkylation sites (N-methyl/N-ethyl adjacent to an activating group) is 2. The number of H-pyrrole nitrogens is 2. The third-order valence-corrected chi connectivity index (χ3v) is 9.10. The Bertz CT molecular complexity index is 1640. The molecule has 2 saturated heterocycles. The van der Waals surface area contributed by atoms with Crippen LogP contribution in [0.3, 0.4) is 0 Å². The number of ether oxygens (including phenoxy) is 2. The summed E-state index contributed by atoms with van der Waals surface area (Å²) in [7, 11) is 8.22. The van der Waals surface area contributed by atoms with Gasteiger partial charge in [0.2, 0.25) is 0 Å². The van der Waals surface area contributed by atoms with Crippen LogP contribution in [0.4, 0.5) is 9.59 Å². The number of nitrogens with zero attached hydrogens (tertiary/aromatic N) is 4. The number of carbonyl (C=O) groups excluding carboxylic acids is 2. The Morgan fingerprint density at radius 3 is 1.49 bits per heavy atom. The molecule has 0 atom stereocenters. The lowest BCUT2D eigenvalue weighted by Gasteiger charge is -2.30. The Kier molecular flexibility index (Phi) is 13.3. The Morgan fingerprint density at radius 1 is 0.673 bits per heavy atom. The van der Waals surface area contributed by atoms with Gasteiger partial charge in [0.1, 0.15) is 11.5 Å². The molecule has 0 bridgehead atoms. The molecule has 0 radical (unpaired) electrons. The quantitative estimate of drug-likeness (QED) is 0.154. The summed E-state index contributed by atoms with van der Waals surface area (Å²) in [6.45, 7) is 9.44. The van der Waals surface area contributed by atoms with E-state index < -0.39 is 0 Å². The third kappa shape index (κ3) is 10.7. The van der Waals surface area contributed by atoms with Gasteiger partial charge < -0.3 is 49.7 Å². The fraction of sp³-hybridized carbons (Fsp3) is 0.514. The largest absolute Gasteiger partial charge is 0.412 e. The Hall–Kier alpha value is -4.10. The molecule has 0 unspecified atom stereocenters. The summed E-state index contributed by atoms with van der Waals surface area (Å²) >= 11 is 0. The van der Waals surface area contributed by atoms with Crippen molar-refractivity contribution in [2.45, 2.75) is 32.1 Å². The van der Waals surface area contributed by atoms with Crippen molar-refractivity contribution in [3.8, 4) is 11.5 Å². The number of hydrogen-bond donors (Lipinski definition) is 4. The molecule has 2 amide bonds. The van der Waals surface area contributed by atoms with E-state index >= 15 is 0 Å². The van der Waals surface area contributed by atoms with Gasteiger partial charge in [-0.15, -0.1) is 0 Å². The van der Waals surface area contributed by atoms with Crippen molar-refractivity contribution in [1.29, 1.82) is 0 Å². The summed E-state index contributed by atoms with van der Waals surface area (Å²) in [4.78, 5) is 39.7. The summed E-state index contributed by atoms with van der Waals surface area (Å²) in [5.41, 5.74) is 4.33. The van der Waals surface area contributed by atoms with E-state index in [4.69, 9.17) is 9.47 Å². The van der Waals surface area contributed by atoms with E-state index in [1.807, 2.05) is 48.8 Å². The Balaban J connectivity index is 0.000000191. The number of benzene rings is 2. The first-order valence-corrected chi connectivity index (χ1v) is 17.6. The van der Waals surface area contributed by atoms with Crippen molar-refractivity contribution < 1.29 is 19.1 Å². The summed E-state index contributed by atoms with van der Waals surface area (Å²) < 4.78 is 11.2. The molecule has 2 aromatic heterocycles. The predicted molar refractivity (Wildman–Crippen MR) is 196 cm³/mol. The zero-order chi connectivity index (χ0) is 34.6. The number of rotatable bonds is 14. The van der Waals surface area contributed by atoms with Crippen LogP contribution in [0.2, 0.25) is 0 Å². The van der Waals surface area contributed by atoms with Crippen LogP contribution in [-0.2, 0) is 12.8 Å². The maximum Gasteiger partial charge on any atom is 0.412 e. The molecule has 12 heteroatoms. The van der Waals surface area contributed by atoms with Crippen LogP contribution in [0.1, 0.15) is 30.4 Å². The van der Waals surface area contributed by atoms with E-state index in [1.165, 1.54) is 30.4 Å². The lowest BCUT2D eigenvalue weighted by Crippen LogP contribution is -2.42. The number of likely N-dealkylation sites (tertiary alicyclic amines) is 2. The number of nitrogens with one attached hydrogen (secondary N) is 4. The van der Waals surface area contributed by atoms with Crippen LogP contribution < -0.4 is 20.1 Å². The van der Waals surface area contributed by atoms with Crippen molar-refractivity contribution in [3.05, 3.63) is 59.9 Å². The lowest BCUT2D eigenvalue weighted by molar-refractivity contribution is 0.174. The molecule has 266 valence electrons. The molecule has 2 fully saturated rings. The summed E-state index contributed by atoms with van der Waals surface area (Å²) in [5.74, 6) is 1.23. The van der Waals surface area contributed by atoms with Crippen LogP contribution in [0.25, 0.3) is 21.8 Å². The molecule has 0 spiro atoms.